The van der Waals surface area contributed by atoms with Crippen molar-refractivity contribution in [3.05, 3.63) is 70.5 Å². The quantitative estimate of drug-likeness (QED) is 0.930. The van der Waals surface area contributed by atoms with E-state index in [-0.39, 0.29) is 18.0 Å². The highest BCUT2D eigenvalue weighted by Crippen LogP contribution is 2.10. The lowest BCUT2D eigenvalue weighted by Crippen LogP contribution is -2.23. The Balaban J connectivity index is 2.04. The first-order valence-corrected chi connectivity index (χ1v) is 6.13. The Morgan fingerprint density at radius 2 is 1.95 bits per heavy atom. The van der Waals surface area contributed by atoms with Gasteiger partial charge in [-0.25, -0.2) is 4.39 Å². The molecular formula is C16H13FN2O. The number of amides is 1. The minimum Gasteiger partial charge on any atom is -0.348 e. The van der Waals surface area contributed by atoms with Crippen molar-refractivity contribution in [2.45, 2.75) is 13.5 Å². The Labute approximate surface area is 116 Å². The first kappa shape index (κ1) is 13.8. The number of halogens is 1. The maximum atomic E-state index is 13.6. The van der Waals surface area contributed by atoms with Gasteiger partial charge in [0.25, 0.3) is 5.91 Å². The molecule has 0 radical (unpaired) electrons. The molecule has 2 aromatic carbocycles. The van der Waals surface area contributed by atoms with Gasteiger partial charge in [-0.2, -0.15) is 5.26 Å². The van der Waals surface area contributed by atoms with Crippen LogP contribution in [0.1, 0.15) is 27.0 Å². The molecule has 4 heteroatoms. The fourth-order valence-electron chi connectivity index (χ4n) is 1.74. The van der Waals surface area contributed by atoms with Crippen molar-refractivity contribution < 1.29 is 9.18 Å². The fraction of sp³-hybridized carbons (Fsp3) is 0.125. The summed E-state index contributed by atoms with van der Waals surface area (Å²) < 4.78 is 13.6. The molecule has 3 nitrogen and oxygen atoms in total. The molecule has 0 saturated carbocycles. The Kier molecular flexibility index (Phi) is 4.11. The summed E-state index contributed by atoms with van der Waals surface area (Å²) in [5.74, 6) is -0.748. The minimum absolute atomic E-state index is 0.0876. The van der Waals surface area contributed by atoms with Crippen LogP contribution in [-0.2, 0) is 6.54 Å². The topological polar surface area (TPSA) is 52.9 Å². The molecule has 0 aromatic heterocycles. The summed E-state index contributed by atoms with van der Waals surface area (Å²) in [7, 11) is 0. The van der Waals surface area contributed by atoms with Crippen LogP contribution in [0.25, 0.3) is 0 Å². The highest BCUT2D eigenvalue weighted by Gasteiger charge is 2.07. The minimum atomic E-state index is -0.492. The molecule has 0 bridgehead atoms. The monoisotopic (exact) mass is 268 g/mol. The molecule has 0 aliphatic carbocycles. The van der Waals surface area contributed by atoms with Gasteiger partial charge in [0.15, 0.2) is 0 Å². The van der Waals surface area contributed by atoms with Crippen molar-refractivity contribution in [3.8, 4) is 6.07 Å². The van der Waals surface area contributed by atoms with E-state index >= 15 is 0 Å². The lowest BCUT2D eigenvalue weighted by Gasteiger charge is -2.07. The summed E-state index contributed by atoms with van der Waals surface area (Å²) in [5, 5.41) is 11.3. The van der Waals surface area contributed by atoms with Crippen molar-refractivity contribution in [2.24, 2.45) is 0 Å². The molecule has 0 saturated heterocycles. The summed E-state index contributed by atoms with van der Waals surface area (Å²) in [6.07, 6.45) is 0. The second-order valence-corrected chi connectivity index (χ2v) is 4.47. The SMILES string of the molecule is Cc1ccc(C(=O)NCc2ccc(C#N)cc2F)cc1. The molecule has 1 amide bonds. The number of hydrogen-bond acceptors (Lipinski definition) is 2. The predicted molar refractivity (Wildman–Crippen MR) is 73.5 cm³/mol. The molecule has 2 aromatic rings. The highest BCUT2D eigenvalue weighted by atomic mass is 19.1. The van der Waals surface area contributed by atoms with Gasteiger partial charge in [-0.05, 0) is 31.2 Å². The van der Waals surface area contributed by atoms with E-state index in [2.05, 4.69) is 5.32 Å². The first-order valence-electron chi connectivity index (χ1n) is 6.13. The molecule has 100 valence electrons. The van der Waals surface area contributed by atoms with Gasteiger partial charge < -0.3 is 5.32 Å². The third-order valence-corrected chi connectivity index (χ3v) is 2.94. The standard InChI is InChI=1S/C16H13FN2O/c1-11-2-5-13(6-3-11)16(20)19-10-14-7-4-12(9-18)8-15(14)17/h2-8H,10H2,1H3,(H,19,20). The second kappa shape index (κ2) is 5.98. The first-order chi connectivity index (χ1) is 9.60. The van der Waals surface area contributed by atoms with Gasteiger partial charge in [0.1, 0.15) is 5.82 Å². The van der Waals surface area contributed by atoms with Crippen LogP contribution in [0.3, 0.4) is 0 Å². The molecule has 0 heterocycles. The van der Waals surface area contributed by atoms with Crippen LogP contribution in [0.5, 0.6) is 0 Å². The molecule has 2 rings (SSSR count). The van der Waals surface area contributed by atoms with Crippen LogP contribution in [0, 0.1) is 24.1 Å². The van der Waals surface area contributed by atoms with Crippen LogP contribution in [0.4, 0.5) is 4.39 Å². The second-order valence-electron chi connectivity index (χ2n) is 4.47. The van der Waals surface area contributed by atoms with Crippen molar-refractivity contribution in [3.63, 3.8) is 0 Å². The zero-order valence-electron chi connectivity index (χ0n) is 11.0. The van der Waals surface area contributed by atoms with E-state index in [9.17, 15) is 9.18 Å². The number of nitrogens with one attached hydrogen (secondary N) is 1. The lowest BCUT2D eigenvalue weighted by atomic mass is 10.1. The van der Waals surface area contributed by atoms with E-state index < -0.39 is 5.82 Å². The van der Waals surface area contributed by atoms with Crippen LogP contribution in [0.2, 0.25) is 0 Å². The van der Waals surface area contributed by atoms with Crippen LogP contribution in [-0.4, -0.2) is 5.91 Å². The number of benzene rings is 2. The molecule has 0 aliphatic heterocycles. The van der Waals surface area contributed by atoms with Gasteiger partial charge in [0, 0.05) is 17.7 Å². The van der Waals surface area contributed by atoms with E-state index in [4.69, 9.17) is 5.26 Å². The third kappa shape index (κ3) is 3.21. The molecule has 0 aliphatic rings. The van der Waals surface area contributed by atoms with Gasteiger partial charge >= 0.3 is 0 Å². The number of nitriles is 1. The summed E-state index contributed by atoms with van der Waals surface area (Å²) in [4.78, 5) is 11.9. The largest absolute Gasteiger partial charge is 0.348 e. The average molecular weight is 268 g/mol. The van der Waals surface area contributed by atoms with Crippen molar-refractivity contribution in [1.82, 2.24) is 5.32 Å². The maximum absolute atomic E-state index is 13.6. The molecule has 0 atom stereocenters. The fourth-order valence-corrected chi connectivity index (χ4v) is 1.74. The van der Waals surface area contributed by atoms with Gasteiger partial charge in [-0.15, -0.1) is 0 Å². The molecule has 0 unspecified atom stereocenters. The molecule has 0 fully saturated rings. The maximum Gasteiger partial charge on any atom is 0.251 e. The van der Waals surface area contributed by atoms with E-state index in [1.165, 1.54) is 12.1 Å². The van der Waals surface area contributed by atoms with E-state index in [0.29, 0.717) is 11.1 Å². The van der Waals surface area contributed by atoms with Crippen LogP contribution in [0.15, 0.2) is 42.5 Å². The Morgan fingerprint density at radius 3 is 2.55 bits per heavy atom. The number of aryl methyl sites for hydroxylation is 1. The normalized spacial score (nSPS) is 9.85. The van der Waals surface area contributed by atoms with Crippen LogP contribution >= 0.6 is 0 Å². The third-order valence-electron chi connectivity index (χ3n) is 2.94. The number of nitrogens with zero attached hydrogens (tertiary/aromatic N) is 1. The Hall–Kier alpha value is -2.67. The number of carbonyl (C=O) groups is 1. The van der Waals surface area contributed by atoms with Gasteiger partial charge in [-0.1, -0.05) is 23.8 Å². The highest BCUT2D eigenvalue weighted by molar-refractivity contribution is 5.94. The molecule has 0 spiro atoms. The smallest absolute Gasteiger partial charge is 0.251 e. The number of hydrogen-bond donors (Lipinski definition) is 1. The van der Waals surface area contributed by atoms with Crippen molar-refractivity contribution >= 4 is 5.91 Å². The Bertz CT molecular complexity index is 672. The molecule has 1 N–H and O–H groups in total. The Morgan fingerprint density at radius 1 is 1.25 bits per heavy atom. The zero-order chi connectivity index (χ0) is 14.5. The lowest BCUT2D eigenvalue weighted by molar-refractivity contribution is 0.0950. The summed E-state index contributed by atoms with van der Waals surface area (Å²) >= 11 is 0. The predicted octanol–water partition coefficient (Wildman–Crippen LogP) is 2.94. The van der Waals surface area contributed by atoms with Crippen molar-refractivity contribution in [1.29, 1.82) is 5.26 Å². The molecule has 20 heavy (non-hydrogen) atoms. The molecular weight excluding hydrogens is 255 g/mol. The number of rotatable bonds is 3. The van der Waals surface area contributed by atoms with E-state index in [1.807, 2.05) is 25.1 Å². The number of carbonyl (C=O) groups excluding carboxylic acids is 1. The van der Waals surface area contributed by atoms with E-state index in [1.54, 1.807) is 12.1 Å². The summed E-state index contributed by atoms with van der Waals surface area (Å²) in [6.45, 7) is 2.03. The van der Waals surface area contributed by atoms with Gasteiger partial charge in [-0.3, -0.25) is 4.79 Å². The van der Waals surface area contributed by atoms with Crippen LogP contribution < -0.4 is 5.32 Å². The van der Waals surface area contributed by atoms with E-state index in [0.717, 1.165) is 11.6 Å². The van der Waals surface area contributed by atoms with Crippen molar-refractivity contribution in [2.75, 3.05) is 0 Å². The van der Waals surface area contributed by atoms with Gasteiger partial charge in [0.05, 0.1) is 11.6 Å². The summed E-state index contributed by atoms with van der Waals surface area (Å²) in [6, 6.07) is 13.2. The zero-order valence-corrected chi connectivity index (χ0v) is 11.0. The average Bonchev–Trinajstić information content (AvgIpc) is 2.46. The van der Waals surface area contributed by atoms with Gasteiger partial charge in [0.2, 0.25) is 0 Å². The summed E-state index contributed by atoms with van der Waals surface area (Å²) in [5.41, 5.74) is 2.21.